The number of benzene rings is 2. The fraction of sp³-hybridized carbons (Fsp3) is 0.227. The molecule has 4 rings (SSSR count). The van der Waals surface area contributed by atoms with E-state index in [1.165, 1.54) is 6.07 Å². The number of nitrogens with zero attached hydrogens (tertiary/aromatic N) is 2. The topological polar surface area (TPSA) is 37.5 Å². The van der Waals surface area contributed by atoms with Gasteiger partial charge in [-0.15, -0.1) is 0 Å². The van der Waals surface area contributed by atoms with Crippen LogP contribution in [0.2, 0.25) is 0 Å². The Kier molecular flexibility index (Phi) is 5.02. The zero-order chi connectivity index (χ0) is 20.8. The molecule has 1 heterocycles. The first kappa shape index (κ1) is 19.8. The fourth-order valence-electron chi connectivity index (χ4n) is 3.91. The lowest BCUT2D eigenvalue weighted by Crippen LogP contribution is -2.20. The number of hydrogen-bond acceptors (Lipinski definition) is 2. The highest BCUT2D eigenvalue weighted by molar-refractivity contribution is 9.10. The van der Waals surface area contributed by atoms with Crippen molar-refractivity contribution >= 4 is 21.6 Å². The van der Waals surface area contributed by atoms with Crippen molar-refractivity contribution in [1.29, 1.82) is 0 Å². The van der Waals surface area contributed by atoms with Gasteiger partial charge in [-0.05, 0) is 60.7 Å². The SMILES string of the molecule is C[C@H]1C/C(=N\O)c2cc(-c3cccc(Br)c3)n(-c3cccc(C(F)(F)F)c3)c2C1. The Morgan fingerprint density at radius 1 is 1.07 bits per heavy atom. The molecule has 0 saturated carbocycles. The van der Waals surface area contributed by atoms with Gasteiger partial charge in [-0.1, -0.05) is 46.2 Å². The second-order valence-corrected chi connectivity index (χ2v) is 8.26. The average molecular weight is 463 g/mol. The molecule has 29 heavy (non-hydrogen) atoms. The predicted molar refractivity (Wildman–Crippen MR) is 110 cm³/mol. The molecule has 0 aliphatic heterocycles. The van der Waals surface area contributed by atoms with E-state index in [2.05, 4.69) is 21.1 Å². The Bertz CT molecular complexity index is 1100. The summed E-state index contributed by atoms with van der Waals surface area (Å²) in [5, 5.41) is 13.0. The number of halogens is 4. The summed E-state index contributed by atoms with van der Waals surface area (Å²) >= 11 is 3.46. The molecule has 1 aliphatic rings. The van der Waals surface area contributed by atoms with E-state index in [1.807, 2.05) is 41.8 Å². The Morgan fingerprint density at radius 2 is 1.83 bits per heavy atom. The van der Waals surface area contributed by atoms with Crippen LogP contribution in [0.5, 0.6) is 0 Å². The molecule has 0 radical (unpaired) electrons. The molecular weight excluding hydrogens is 445 g/mol. The fourth-order valence-corrected chi connectivity index (χ4v) is 4.31. The minimum atomic E-state index is -4.43. The Hall–Kier alpha value is -2.54. The van der Waals surface area contributed by atoms with Gasteiger partial charge in [-0.2, -0.15) is 13.2 Å². The number of rotatable bonds is 2. The zero-order valence-electron chi connectivity index (χ0n) is 15.5. The van der Waals surface area contributed by atoms with Gasteiger partial charge >= 0.3 is 6.18 Å². The second kappa shape index (κ2) is 7.37. The van der Waals surface area contributed by atoms with Crippen molar-refractivity contribution in [3.05, 3.63) is 75.9 Å². The standard InChI is InChI=1S/C22H18BrF3N2O/c1-13-8-19(27-29)18-12-20(14-4-2-6-16(23)10-14)28(21(18)9-13)17-7-3-5-15(11-17)22(24,25)26/h2-7,10-13,29H,8-9H2,1H3/b27-19+/t13-/m0/s1. The molecule has 1 aromatic heterocycles. The minimum Gasteiger partial charge on any atom is -0.411 e. The van der Waals surface area contributed by atoms with Crippen LogP contribution in [-0.2, 0) is 12.6 Å². The van der Waals surface area contributed by atoms with Crippen molar-refractivity contribution in [3.63, 3.8) is 0 Å². The molecule has 150 valence electrons. The highest BCUT2D eigenvalue weighted by atomic mass is 79.9. The summed E-state index contributed by atoms with van der Waals surface area (Å²) in [6.45, 7) is 2.04. The zero-order valence-corrected chi connectivity index (χ0v) is 17.1. The lowest BCUT2D eigenvalue weighted by molar-refractivity contribution is -0.137. The third-order valence-corrected chi connectivity index (χ3v) is 5.66. The van der Waals surface area contributed by atoms with Crippen LogP contribution in [0.1, 0.15) is 30.2 Å². The number of alkyl halides is 3. The maximum Gasteiger partial charge on any atom is 0.416 e. The van der Waals surface area contributed by atoms with Gasteiger partial charge in [0.1, 0.15) is 0 Å². The summed E-state index contributed by atoms with van der Waals surface area (Å²) in [6.07, 6.45) is -3.13. The molecule has 0 saturated heterocycles. The van der Waals surface area contributed by atoms with Gasteiger partial charge in [0.2, 0.25) is 0 Å². The summed E-state index contributed by atoms with van der Waals surface area (Å²) in [4.78, 5) is 0. The predicted octanol–water partition coefficient (Wildman–Crippen LogP) is 6.69. The maximum atomic E-state index is 13.3. The van der Waals surface area contributed by atoms with E-state index in [9.17, 15) is 18.4 Å². The van der Waals surface area contributed by atoms with Crippen molar-refractivity contribution < 1.29 is 18.4 Å². The Labute approximate surface area is 174 Å². The first-order valence-corrected chi connectivity index (χ1v) is 9.96. The van der Waals surface area contributed by atoms with Gasteiger partial charge in [0.05, 0.1) is 17.0 Å². The van der Waals surface area contributed by atoms with Crippen LogP contribution in [-0.4, -0.2) is 15.5 Å². The lowest BCUT2D eigenvalue weighted by atomic mass is 9.87. The van der Waals surface area contributed by atoms with Crippen LogP contribution in [0.4, 0.5) is 13.2 Å². The molecule has 0 fully saturated rings. The smallest absolute Gasteiger partial charge is 0.411 e. The maximum absolute atomic E-state index is 13.3. The minimum absolute atomic E-state index is 0.211. The number of aromatic nitrogens is 1. The average Bonchev–Trinajstić information content (AvgIpc) is 3.06. The van der Waals surface area contributed by atoms with E-state index < -0.39 is 11.7 Å². The third kappa shape index (κ3) is 3.71. The first-order valence-electron chi connectivity index (χ1n) is 9.17. The number of hydrogen-bond donors (Lipinski definition) is 1. The van der Waals surface area contributed by atoms with E-state index >= 15 is 0 Å². The van der Waals surface area contributed by atoms with Gasteiger partial charge < -0.3 is 9.77 Å². The number of fused-ring (bicyclic) bond motifs is 1. The monoisotopic (exact) mass is 462 g/mol. The van der Waals surface area contributed by atoms with E-state index in [1.54, 1.807) is 6.07 Å². The normalized spacial score (nSPS) is 18.1. The summed E-state index contributed by atoms with van der Waals surface area (Å²) in [5.74, 6) is 0.211. The molecule has 1 atom stereocenters. The molecule has 0 amide bonds. The van der Waals surface area contributed by atoms with Gasteiger partial charge in [0.25, 0.3) is 0 Å². The molecule has 3 aromatic rings. The van der Waals surface area contributed by atoms with Crippen LogP contribution >= 0.6 is 15.9 Å². The van der Waals surface area contributed by atoms with Crippen molar-refractivity contribution in [2.45, 2.75) is 25.9 Å². The van der Waals surface area contributed by atoms with Crippen LogP contribution < -0.4 is 0 Å². The molecule has 1 N–H and O–H groups in total. The molecular formula is C22H18BrF3N2O. The molecule has 2 aromatic carbocycles. The second-order valence-electron chi connectivity index (χ2n) is 7.34. The van der Waals surface area contributed by atoms with Crippen molar-refractivity contribution in [3.8, 4) is 16.9 Å². The third-order valence-electron chi connectivity index (χ3n) is 5.17. The number of oxime groups is 1. The van der Waals surface area contributed by atoms with E-state index in [0.29, 0.717) is 24.2 Å². The molecule has 3 nitrogen and oxygen atoms in total. The molecule has 7 heteroatoms. The van der Waals surface area contributed by atoms with Crippen LogP contribution in [0.25, 0.3) is 16.9 Å². The van der Waals surface area contributed by atoms with Crippen molar-refractivity contribution in [2.24, 2.45) is 11.1 Å². The van der Waals surface area contributed by atoms with Crippen LogP contribution in [0.15, 0.2) is 64.2 Å². The molecule has 1 aliphatic carbocycles. The molecule has 0 spiro atoms. The first-order chi connectivity index (χ1) is 13.8. The van der Waals surface area contributed by atoms with E-state index in [0.717, 1.165) is 39.1 Å². The molecule has 0 unspecified atom stereocenters. The lowest BCUT2D eigenvalue weighted by Gasteiger charge is -2.23. The summed E-state index contributed by atoms with van der Waals surface area (Å²) in [7, 11) is 0. The van der Waals surface area contributed by atoms with Gasteiger partial charge in [-0.25, -0.2) is 0 Å². The molecule has 0 bridgehead atoms. The Morgan fingerprint density at radius 3 is 2.52 bits per heavy atom. The van der Waals surface area contributed by atoms with Gasteiger partial charge in [-0.3, -0.25) is 0 Å². The Balaban J connectivity index is 2.01. The van der Waals surface area contributed by atoms with Gasteiger partial charge in [0, 0.05) is 21.4 Å². The van der Waals surface area contributed by atoms with Gasteiger partial charge in [0.15, 0.2) is 0 Å². The van der Waals surface area contributed by atoms with Crippen LogP contribution in [0, 0.1) is 5.92 Å². The quantitative estimate of drug-likeness (QED) is 0.334. The van der Waals surface area contributed by atoms with E-state index in [4.69, 9.17) is 0 Å². The largest absolute Gasteiger partial charge is 0.416 e. The highest BCUT2D eigenvalue weighted by Gasteiger charge is 2.32. The van der Waals surface area contributed by atoms with E-state index in [-0.39, 0.29) is 5.92 Å². The van der Waals surface area contributed by atoms with Crippen molar-refractivity contribution in [1.82, 2.24) is 4.57 Å². The summed E-state index contributed by atoms with van der Waals surface area (Å²) < 4.78 is 42.7. The van der Waals surface area contributed by atoms with Crippen molar-refractivity contribution in [2.75, 3.05) is 0 Å². The van der Waals surface area contributed by atoms with Crippen LogP contribution in [0.3, 0.4) is 0 Å². The summed E-state index contributed by atoms with van der Waals surface area (Å²) in [6, 6.07) is 14.8. The highest BCUT2D eigenvalue weighted by Crippen LogP contribution is 2.38. The summed E-state index contributed by atoms with van der Waals surface area (Å²) in [5.41, 5.74) is 3.53.